The molecule has 0 saturated carbocycles. The van der Waals surface area contributed by atoms with Crippen molar-refractivity contribution >= 4 is 11.7 Å². The molecule has 0 aliphatic carbocycles. The molecule has 1 amide bonds. The predicted molar refractivity (Wildman–Crippen MR) is 125 cm³/mol. The summed E-state index contributed by atoms with van der Waals surface area (Å²) in [4.78, 5) is 24.1. The molecular formula is C26H28N4O2. The van der Waals surface area contributed by atoms with Crippen molar-refractivity contribution in [3.63, 3.8) is 0 Å². The van der Waals surface area contributed by atoms with Crippen molar-refractivity contribution in [1.82, 2.24) is 14.8 Å². The second kappa shape index (κ2) is 9.40. The number of aromatic nitrogens is 1. The zero-order chi connectivity index (χ0) is 21.8. The highest BCUT2D eigenvalue weighted by Crippen LogP contribution is 2.22. The Morgan fingerprint density at radius 1 is 0.875 bits per heavy atom. The molecule has 0 bridgehead atoms. The minimum Gasteiger partial charge on any atom is -0.489 e. The van der Waals surface area contributed by atoms with Gasteiger partial charge < -0.3 is 14.5 Å². The monoisotopic (exact) mass is 428 g/mol. The van der Waals surface area contributed by atoms with Gasteiger partial charge in [0.1, 0.15) is 18.2 Å². The number of hydrogen-bond acceptors (Lipinski definition) is 5. The molecule has 6 heteroatoms. The maximum absolute atomic E-state index is 12.8. The van der Waals surface area contributed by atoms with Crippen LogP contribution in [0.4, 0.5) is 5.82 Å². The van der Waals surface area contributed by atoms with E-state index in [1.54, 1.807) is 0 Å². The van der Waals surface area contributed by atoms with E-state index in [0.29, 0.717) is 12.6 Å². The highest BCUT2D eigenvalue weighted by molar-refractivity contribution is 5.95. The topological polar surface area (TPSA) is 48.9 Å². The van der Waals surface area contributed by atoms with Gasteiger partial charge >= 0.3 is 0 Å². The first-order valence-electron chi connectivity index (χ1n) is 11.2. The van der Waals surface area contributed by atoms with Gasteiger partial charge in [0.15, 0.2) is 0 Å². The molecule has 0 spiro atoms. The summed E-state index contributed by atoms with van der Waals surface area (Å²) in [5.74, 6) is 1.93. The summed E-state index contributed by atoms with van der Waals surface area (Å²) in [7, 11) is 0. The van der Waals surface area contributed by atoms with E-state index in [-0.39, 0.29) is 5.91 Å². The molecule has 2 fully saturated rings. The Bertz CT molecular complexity index is 1010. The van der Waals surface area contributed by atoms with Crippen molar-refractivity contribution < 1.29 is 9.53 Å². The molecule has 0 radical (unpaired) electrons. The lowest BCUT2D eigenvalue weighted by Gasteiger charge is -2.48. The second-order valence-corrected chi connectivity index (χ2v) is 8.37. The number of rotatable bonds is 6. The highest BCUT2D eigenvalue weighted by atomic mass is 16.5. The van der Waals surface area contributed by atoms with Gasteiger partial charge in [-0.05, 0) is 42.0 Å². The molecular weight excluding hydrogens is 400 g/mol. The number of hydrogen-bond donors (Lipinski definition) is 0. The average molecular weight is 429 g/mol. The summed E-state index contributed by atoms with van der Waals surface area (Å²) < 4.78 is 5.82. The zero-order valence-corrected chi connectivity index (χ0v) is 18.1. The largest absolute Gasteiger partial charge is 0.489 e. The molecule has 2 aliphatic rings. The molecule has 6 nitrogen and oxygen atoms in total. The van der Waals surface area contributed by atoms with Gasteiger partial charge in [0.05, 0.1) is 0 Å². The smallest absolute Gasteiger partial charge is 0.253 e. The van der Waals surface area contributed by atoms with E-state index in [1.165, 1.54) is 0 Å². The van der Waals surface area contributed by atoms with Crippen LogP contribution >= 0.6 is 0 Å². The molecule has 2 saturated heterocycles. The molecule has 0 unspecified atom stereocenters. The Morgan fingerprint density at radius 2 is 1.59 bits per heavy atom. The van der Waals surface area contributed by atoms with Crippen LogP contribution in [0.2, 0.25) is 0 Å². The van der Waals surface area contributed by atoms with E-state index in [2.05, 4.69) is 20.9 Å². The Morgan fingerprint density at radius 3 is 2.28 bits per heavy atom. The van der Waals surface area contributed by atoms with Crippen LogP contribution in [0.5, 0.6) is 5.75 Å². The minimum absolute atomic E-state index is 0.1000. The molecule has 0 N–H and O–H groups in total. The van der Waals surface area contributed by atoms with Gasteiger partial charge in [-0.2, -0.15) is 0 Å². The fourth-order valence-corrected chi connectivity index (χ4v) is 4.33. The van der Waals surface area contributed by atoms with Crippen LogP contribution in [0.25, 0.3) is 0 Å². The molecule has 0 atom stereocenters. The second-order valence-electron chi connectivity index (χ2n) is 8.37. The van der Waals surface area contributed by atoms with Crippen molar-refractivity contribution in [2.45, 2.75) is 12.6 Å². The van der Waals surface area contributed by atoms with E-state index >= 15 is 0 Å². The number of nitrogens with zero attached hydrogens (tertiary/aromatic N) is 4. The minimum atomic E-state index is 0.1000. The van der Waals surface area contributed by atoms with E-state index < -0.39 is 0 Å². The lowest BCUT2D eigenvalue weighted by molar-refractivity contribution is 0.0246. The number of carbonyl (C=O) groups excluding carboxylic acids is 1. The van der Waals surface area contributed by atoms with Crippen molar-refractivity contribution in [1.29, 1.82) is 0 Å². The maximum atomic E-state index is 12.8. The van der Waals surface area contributed by atoms with E-state index in [9.17, 15) is 4.79 Å². The summed E-state index contributed by atoms with van der Waals surface area (Å²) in [6, 6.07) is 24.1. The third kappa shape index (κ3) is 4.60. The number of anilines is 1. The quantitative estimate of drug-likeness (QED) is 0.603. The van der Waals surface area contributed by atoms with Crippen LogP contribution in [-0.2, 0) is 6.61 Å². The molecule has 5 rings (SSSR count). The van der Waals surface area contributed by atoms with Crippen LogP contribution in [-0.4, -0.2) is 66.0 Å². The fraction of sp³-hybridized carbons (Fsp3) is 0.308. The summed E-state index contributed by atoms with van der Waals surface area (Å²) in [5, 5.41) is 0. The molecule has 2 aromatic carbocycles. The molecule has 1 aromatic heterocycles. The number of piperazine rings is 1. The molecule has 164 valence electrons. The number of benzene rings is 2. The van der Waals surface area contributed by atoms with Crippen molar-refractivity contribution in [2.75, 3.05) is 44.2 Å². The first-order chi connectivity index (χ1) is 15.8. The van der Waals surface area contributed by atoms with Gasteiger partial charge in [-0.3, -0.25) is 9.69 Å². The van der Waals surface area contributed by atoms with Crippen LogP contribution < -0.4 is 9.64 Å². The van der Waals surface area contributed by atoms with Gasteiger partial charge in [0, 0.05) is 57.1 Å². The van der Waals surface area contributed by atoms with Crippen LogP contribution in [0.3, 0.4) is 0 Å². The predicted octanol–water partition coefficient (Wildman–Crippen LogP) is 3.31. The fourth-order valence-electron chi connectivity index (χ4n) is 4.33. The number of likely N-dealkylation sites (tertiary alicyclic amines) is 1. The molecule has 3 aromatic rings. The lowest BCUT2D eigenvalue weighted by Crippen LogP contribution is -2.64. The maximum Gasteiger partial charge on any atom is 0.253 e. The Hall–Kier alpha value is -3.38. The Balaban J connectivity index is 1.08. The highest BCUT2D eigenvalue weighted by Gasteiger charge is 2.36. The van der Waals surface area contributed by atoms with Crippen molar-refractivity contribution in [2.24, 2.45) is 0 Å². The van der Waals surface area contributed by atoms with Gasteiger partial charge in [-0.25, -0.2) is 4.98 Å². The summed E-state index contributed by atoms with van der Waals surface area (Å²) >= 11 is 0. The van der Waals surface area contributed by atoms with E-state index in [1.807, 2.05) is 77.8 Å². The van der Waals surface area contributed by atoms with Gasteiger partial charge in [0.2, 0.25) is 0 Å². The average Bonchev–Trinajstić information content (AvgIpc) is 2.84. The molecule has 2 aliphatic heterocycles. The Kier molecular flexibility index (Phi) is 6.03. The SMILES string of the molecule is O=C(c1ccc(OCc2ccccc2)cc1)N1CC(N2CCN(c3ccccn3)CC2)C1. The van der Waals surface area contributed by atoms with Gasteiger partial charge in [-0.1, -0.05) is 36.4 Å². The van der Waals surface area contributed by atoms with Crippen LogP contribution in [0, 0.1) is 0 Å². The number of carbonyl (C=O) groups is 1. The lowest BCUT2D eigenvalue weighted by atomic mass is 10.0. The van der Waals surface area contributed by atoms with E-state index in [0.717, 1.165) is 62.0 Å². The van der Waals surface area contributed by atoms with Gasteiger partial charge in [0.25, 0.3) is 5.91 Å². The van der Waals surface area contributed by atoms with Crippen molar-refractivity contribution in [3.05, 3.63) is 90.1 Å². The number of amides is 1. The van der Waals surface area contributed by atoms with Crippen LogP contribution in [0.1, 0.15) is 15.9 Å². The molecule has 32 heavy (non-hydrogen) atoms. The summed E-state index contributed by atoms with van der Waals surface area (Å²) in [6.07, 6.45) is 1.85. The number of ether oxygens (including phenoxy) is 1. The summed E-state index contributed by atoms with van der Waals surface area (Å²) in [6.45, 7) is 6.10. The van der Waals surface area contributed by atoms with E-state index in [4.69, 9.17) is 4.74 Å². The van der Waals surface area contributed by atoms with Gasteiger partial charge in [-0.15, -0.1) is 0 Å². The van der Waals surface area contributed by atoms with Crippen LogP contribution in [0.15, 0.2) is 79.0 Å². The standard InChI is InChI=1S/C26H28N4O2/c31-26(22-9-11-24(12-10-22)32-20-21-6-2-1-3-7-21)30-18-23(19-30)28-14-16-29(17-15-28)25-8-4-5-13-27-25/h1-13,23H,14-20H2. The molecule has 3 heterocycles. The number of pyridine rings is 1. The first-order valence-corrected chi connectivity index (χ1v) is 11.2. The van der Waals surface area contributed by atoms with Crippen molar-refractivity contribution in [3.8, 4) is 5.75 Å². The third-order valence-corrected chi connectivity index (χ3v) is 6.30. The normalized spacial score (nSPS) is 17.1. The third-order valence-electron chi connectivity index (χ3n) is 6.30. The Labute approximate surface area is 189 Å². The summed E-state index contributed by atoms with van der Waals surface area (Å²) in [5.41, 5.74) is 1.84. The first kappa shape index (κ1) is 20.5. The zero-order valence-electron chi connectivity index (χ0n) is 18.1.